The van der Waals surface area contributed by atoms with Crippen molar-refractivity contribution in [2.75, 3.05) is 11.9 Å². The van der Waals surface area contributed by atoms with Gasteiger partial charge in [0.25, 0.3) is 0 Å². The van der Waals surface area contributed by atoms with Gasteiger partial charge >= 0.3 is 0 Å². The van der Waals surface area contributed by atoms with Crippen LogP contribution in [0.1, 0.15) is 38.8 Å². The molecule has 1 aromatic rings. The topological polar surface area (TPSA) is 84.2 Å². The predicted octanol–water partition coefficient (Wildman–Crippen LogP) is 1.81. The van der Waals surface area contributed by atoms with E-state index < -0.39 is 0 Å². The van der Waals surface area contributed by atoms with Crippen LogP contribution in [0.5, 0.6) is 0 Å². The van der Waals surface area contributed by atoms with E-state index in [4.69, 9.17) is 5.73 Å². The van der Waals surface area contributed by atoms with E-state index in [0.717, 1.165) is 11.3 Å². The standard InChI is InChI=1S/C15H23N3O2/c1-10(9-16)7-15(20)17-11(2)13-5-4-6-14(8-13)18-12(3)19/h4-6,8,10-11H,7,9,16H2,1-3H3,(H,17,20)(H,18,19). The summed E-state index contributed by atoms with van der Waals surface area (Å²) in [6.45, 7) is 5.82. The van der Waals surface area contributed by atoms with Crippen LogP contribution in [-0.4, -0.2) is 18.4 Å². The number of amides is 2. The van der Waals surface area contributed by atoms with Crippen LogP contribution in [0.3, 0.4) is 0 Å². The number of carbonyl (C=O) groups excluding carboxylic acids is 2. The zero-order valence-electron chi connectivity index (χ0n) is 12.3. The summed E-state index contributed by atoms with van der Waals surface area (Å²) in [4.78, 5) is 22.9. The minimum atomic E-state index is -0.115. The van der Waals surface area contributed by atoms with Crippen molar-refractivity contribution in [2.45, 2.75) is 33.2 Å². The number of hydrogen-bond donors (Lipinski definition) is 3. The third kappa shape index (κ3) is 5.40. The molecule has 0 saturated carbocycles. The molecule has 5 nitrogen and oxygen atoms in total. The molecule has 0 aliphatic heterocycles. The van der Waals surface area contributed by atoms with Gasteiger partial charge in [-0.25, -0.2) is 0 Å². The van der Waals surface area contributed by atoms with Crippen LogP contribution in [0.15, 0.2) is 24.3 Å². The Morgan fingerprint density at radius 3 is 2.60 bits per heavy atom. The van der Waals surface area contributed by atoms with E-state index in [1.807, 2.05) is 38.1 Å². The van der Waals surface area contributed by atoms with Crippen molar-refractivity contribution in [3.63, 3.8) is 0 Å². The minimum Gasteiger partial charge on any atom is -0.350 e. The first-order valence-electron chi connectivity index (χ1n) is 6.79. The Morgan fingerprint density at radius 1 is 1.30 bits per heavy atom. The molecule has 1 aromatic carbocycles. The van der Waals surface area contributed by atoms with Gasteiger partial charge in [0, 0.05) is 19.0 Å². The normalized spacial score (nSPS) is 13.4. The van der Waals surface area contributed by atoms with Crippen LogP contribution in [-0.2, 0) is 9.59 Å². The predicted molar refractivity (Wildman–Crippen MR) is 80.1 cm³/mol. The van der Waals surface area contributed by atoms with Gasteiger partial charge in [-0.2, -0.15) is 0 Å². The van der Waals surface area contributed by atoms with Gasteiger partial charge < -0.3 is 16.4 Å². The van der Waals surface area contributed by atoms with E-state index in [2.05, 4.69) is 10.6 Å². The highest BCUT2D eigenvalue weighted by Gasteiger charge is 2.12. The van der Waals surface area contributed by atoms with Crippen molar-refractivity contribution < 1.29 is 9.59 Å². The lowest BCUT2D eigenvalue weighted by Gasteiger charge is -2.17. The molecule has 2 unspecified atom stereocenters. The van der Waals surface area contributed by atoms with Gasteiger partial charge in [0.15, 0.2) is 0 Å². The van der Waals surface area contributed by atoms with Crippen molar-refractivity contribution in [3.05, 3.63) is 29.8 Å². The number of anilines is 1. The molecule has 0 radical (unpaired) electrons. The zero-order valence-corrected chi connectivity index (χ0v) is 12.3. The number of hydrogen-bond acceptors (Lipinski definition) is 3. The molecule has 0 spiro atoms. The highest BCUT2D eigenvalue weighted by atomic mass is 16.2. The van der Waals surface area contributed by atoms with E-state index in [-0.39, 0.29) is 23.8 Å². The Balaban J connectivity index is 2.65. The summed E-state index contributed by atoms with van der Waals surface area (Å²) in [5.74, 6) is 0.0453. The molecule has 0 aliphatic carbocycles. The van der Waals surface area contributed by atoms with Gasteiger partial charge in [-0.15, -0.1) is 0 Å². The molecule has 0 aliphatic rings. The van der Waals surface area contributed by atoms with E-state index in [9.17, 15) is 9.59 Å². The molecular weight excluding hydrogens is 254 g/mol. The van der Waals surface area contributed by atoms with E-state index >= 15 is 0 Å². The number of nitrogens with one attached hydrogen (secondary N) is 2. The highest BCUT2D eigenvalue weighted by Crippen LogP contribution is 2.17. The first-order chi connectivity index (χ1) is 9.42. The lowest BCUT2D eigenvalue weighted by Crippen LogP contribution is -2.29. The summed E-state index contributed by atoms with van der Waals surface area (Å²) in [5.41, 5.74) is 7.19. The average Bonchev–Trinajstić information content (AvgIpc) is 2.37. The van der Waals surface area contributed by atoms with Crippen LogP contribution >= 0.6 is 0 Å². The molecule has 0 bridgehead atoms. The quantitative estimate of drug-likeness (QED) is 0.741. The smallest absolute Gasteiger partial charge is 0.221 e. The summed E-state index contributed by atoms with van der Waals surface area (Å²) in [7, 11) is 0. The Bertz CT molecular complexity index is 474. The first kappa shape index (κ1) is 16.2. The molecule has 2 atom stereocenters. The third-order valence-corrected chi connectivity index (χ3v) is 3.02. The highest BCUT2D eigenvalue weighted by molar-refractivity contribution is 5.88. The van der Waals surface area contributed by atoms with Crippen molar-refractivity contribution in [1.29, 1.82) is 0 Å². The maximum Gasteiger partial charge on any atom is 0.221 e. The fraction of sp³-hybridized carbons (Fsp3) is 0.467. The van der Waals surface area contributed by atoms with Gasteiger partial charge in [-0.05, 0) is 37.1 Å². The Hall–Kier alpha value is -1.88. The molecule has 0 heterocycles. The number of carbonyl (C=O) groups is 2. The van der Waals surface area contributed by atoms with Crippen LogP contribution in [0.2, 0.25) is 0 Å². The molecular formula is C15H23N3O2. The van der Waals surface area contributed by atoms with E-state index in [0.29, 0.717) is 13.0 Å². The number of benzene rings is 1. The van der Waals surface area contributed by atoms with Gasteiger partial charge in [0.1, 0.15) is 0 Å². The molecule has 110 valence electrons. The maximum absolute atomic E-state index is 11.8. The molecule has 5 heteroatoms. The Labute approximate surface area is 119 Å². The Kier molecular flexibility index (Phi) is 6.18. The lowest BCUT2D eigenvalue weighted by atomic mass is 10.1. The monoisotopic (exact) mass is 277 g/mol. The van der Waals surface area contributed by atoms with Gasteiger partial charge in [0.05, 0.1) is 6.04 Å². The number of nitrogens with two attached hydrogens (primary N) is 1. The van der Waals surface area contributed by atoms with Gasteiger partial charge in [0.2, 0.25) is 11.8 Å². The SMILES string of the molecule is CC(=O)Nc1cccc(C(C)NC(=O)CC(C)CN)c1. The summed E-state index contributed by atoms with van der Waals surface area (Å²) in [6, 6.07) is 7.34. The van der Waals surface area contributed by atoms with Crippen LogP contribution in [0.4, 0.5) is 5.69 Å². The second-order valence-electron chi connectivity index (χ2n) is 5.14. The second-order valence-corrected chi connectivity index (χ2v) is 5.14. The summed E-state index contributed by atoms with van der Waals surface area (Å²) in [5, 5.41) is 5.66. The second kappa shape index (κ2) is 7.65. The van der Waals surface area contributed by atoms with Gasteiger partial charge in [-0.1, -0.05) is 19.1 Å². The lowest BCUT2D eigenvalue weighted by molar-refractivity contribution is -0.122. The minimum absolute atomic E-state index is 0.0135. The molecule has 0 saturated heterocycles. The molecule has 2 amide bonds. The largest absolute Gasteiger partial charge is 0.350 e. The van der Waals surface area contributed by atoms with Crippen molar-refractivity contribution in [3.8, 4) is 0 Å². The van der Waals surface area contributed by atoms with E-state index in [1.165, 1.54) is 6.92 Å². The molecule has 1 rings (SSSR count). The van der Waals surface area contributed by atoms with Crippen molar-refractivity contribution in [1.82, 2.24) is 5.32 Å². The molecule has 20 heavy (non-hydrogen) atoms. The summed E-state index contributed by atoms with van der Waals surface area (Å²) >= 11 is 0. The van der Waals surface area contributed by atoms with Crippen molar-refractivity contribution in [2.24, 2.45) is 11.7 Å². The fourth-order valence-electron chi connectivity index (χ4n) is 1.87. The maximum atomic E-state index is 11.8. The molecule has 4 N–H and O–H groups in total. The van der Waals surface area contributed by atoms with Crippen LogP contribution in [0, 0.1) is 5.92 Å². The third-order valence-electron chi connectivity index (χ3n) is 3.02. The Morgan fingerprint density at radius 2 is 2.00 bits per heavy atom. The number of rotatable bonds is 6. The zero-order chi connectivity index (χ0) is 15.1. The van der Waals surface area contributed by atoms with Crippen LogP contribution in [0.25, 0.3) is 0 Å². The fourth-order valence-corrected chi connectivity index (χ4v) is 1.87. The average molecular weight is 277 g/mol. The summed E-state index contributed by atoms with van der Waals surface area (Å²) in [6.07, 6.45) is 0.423. The van der Waals surface area contributed by atoms with E-state index in [1.54, 1.807) is 0 Å². The van der Waals surface area contributed by atoms with Gasteiger partial charge in [-0.3, -0.25) is 9.59 Å². The molecule has 0 fully saturated rings. The summed E-state index contributed by atoms with van der Waals surface area (Å²) < 4.78 is 0. The van der Waals surface area contributed by atoms with Crippen molar-refractivity contribution >= 4 is 17.5 Å². The molecule has 0 aromatic heterocycles. The van der Waals surface area contributed by atoms with Crippen LogP contribution < -0.4 is 16.4 Å². The first-order valence-corrected chi connectivity index (χ1v) is 6.79.